The number of nitrogens with zero attached hydrogens (tertiary/aromatic N) is 1. The number of amidine groups is 1. The molecular formula is C13H25N3O2. The van der Waals surface area contributed by atoms with Crippen LogP contribution in [-0.4, -0.2) is 23.0 Å². The van der Waals surface area contributed by atoms with Gasteiger partial charge in [-0.15, -0.1) is 0 Å². The van der Waals surface area contributed by atoms with E-state index in [1.807, 2.05) is 0 Å². The minimum Gasteiger partial charge on any atom is -0.409 e. The van der Waals surface area contributed by atoms with E-state index < -0.39 is 5.41 Å². The van der Waals surface area contributed by atoms with E-state index in [4.69, 9.17) is 10.9 Å². The zero-order chi connectivity index (χ0) is 13.9. The molecule has 1 saturated carbocycles. The predicted molar refractivity (Wildman–Crippen MR) is 71.3 cm³/mol. The third kappa shape index (κ3) is 2.94. The lowest BCUT2D eigenvalue weighted by Gasteiger charge is -2.36. The van der Waals surface area contributed by atoms with Crippen LogP contribution in [0.25, 0.3) is 0 Å². The molecule has 0 aromatic heterocycles. The van der Waals surface area contributed by atoms with E-state index in [9.17, 15) is 4.79 Å². The standard InChI is InChI=1S/C13H25N3O2/c1-8-6-5-7-10(9(8)2)15-12(17)13(3,4)11(14)16-18/h8-10,18H,5-7H2,1-4H3,(H2,14,16)(H,15,17). The van der Waals surface area contributed by atoms with Crippen molar-refractivity contribution in [2.45, 2.75) is 53.0 Å². The third-order valence-electron chi connectivity index (χ3n) is 4.34. The smallest absolute Gasteiger partial charge is 0.233 e. The quantitative estimate of drug-likeness (QED) is 0.310. The molecule has 1 rings (SSSR count). The average molecular weight is 255 g/mol. The van der Waals surface area contributed by atoms with E-state index in [1.165, 1.54) is 6.42 Å². The highest BCUT2D eigenvalue weighted by Gasteiger charge is 2.36. The summed E-state index contributed by atoms with van der Waals surface area (Å²) in [5.74, 6) is 0.849. The maximum absolute atomic E-state index is 12.2. The van der Waals surface area contributed by atoms with Crippen molar-refractivity contribution in [1.29, 1.82) is 0 Å². The molecule has 0 spiro atoms. The number of carbonyl (C=O) groups is 1. The van der Waals surface area contributed by atoms with E-state index >= 15 is 0 Å². The van der Waals surface area contributed by atoms with Gasteiger partial charge < -0.3 is 16.3 Å². The molecule has 0 aromatic carbocycles. The molecule has 5 nitrogen and oxygen atoms in total. The van der Waals surface area contributed by atoms with Gasteiger partial charge in [-0.25, -0.2) is 0 Å². The van der Waals surface area contributed by atoms with Crippen LogP contribution in [-0.2, 0) is 4.79 Å². The predicted octanol–water partition coefficient (Wildman–Crippen LogP) is 1.70. The molecule has 3 atom stereocenters. The van der Waals surface area contributed by atoms with Gasteiger partial charge in [0.15, 0.2) is 5.84 Å². The lowest BCUT2D eigenvalue weighted by atomic mass is 9.77. The molecule has 0 aliphatic heterocycles. The van der Waals surface area contributed by atoms with Crippen LogP contribution in [0.3, 0.4) is 0 Å². The number of oxime groups is 1. The van der Waals surface area contributed by atoms with Gasteiger partial charge in [-0.1, -0.05) is 31.8 Å². The summed E-state index contributed by atoms with van der Waals surface area (Å²) < 4.78 is 0. The largest absolute Gasteiger partial charge is 0.409 e. The van der Waals surface area contributed by atoms with Crippen molar-refractivity contribution in [3.63, 3.8) is 0 Å². The van der Waals surface area contributed by atoms with E-state index in [0.717, 1.165) is 12.8 Å². The molecule has 18 heavy (non-hydrogen) atoms. The Morgan fingerprint density at radius 1 is 1.39 bits per heavy atom. The summed E-state index contributed by atoms with van der Waals surface area (Å²) in [4.78, 5) is 12.2. The molecule has 3 unspecified atom stereocenters. The van der Waals surface area contributed by atoms with Crippen LogP contribution in [0.4, 0.5) is 0 Å². The number of hydrogen-bond acceptors (Lipinski definition) is 3. The van der Waals surface area contributed by atoms with Gasteiger partial charge >= 0.3 is 0 Å². The Hall–Kier alpha value is -1.26. The molecule has 104 valence electrons. The van der Waals surface area contributed by atoms with Gasteiger partial charge in [0, 0.05) is 6.04 Å². The Kier molecular flexibility index (Phi) is 4.59. The van der Waals surface area contributed by atoms with Crippen molar-refractivity contribution < 1.29 is 10.0 Å². The van der Waals surface area contributed by atoms with E-state index in [2.05, 4.69) is 24.3 Å². The van der Waals surface area contributed by atoms with Crippen molar-refractivity contribution in [3.05, 3.63) is 0 Å². The minimum atomic E-state index is -0.977. The molecule has 4 N–H and O–H groups in total. The summed E-state index contributed by atoms with van der Waals surface area (Å²) in [5.41, 5.74) is 4.58. The lowest BCUT2D eigenvalue weighted by molar-refractivity contribution is -0.127. The fraction of sp³-hybridized carbons (Fsp3) is 0.846. The molecule has 0 aromatic rings. The molecule has 5 heteroatoms. The summed E-state index contributed by atoms with van der Waals surface area (Å²) >= 11 is 0. The number of hydrogen-bond donors (Lipinski definition) is 3. The lowest BCUT2D eigenvalue weighted by Crippen LogP contribution is -2.52. The van der Waals surface area contributed by atoms with Crippen molar-refractivity contribution >= 4 is 11.7 Å². The van der Waals surface area contributed by atoms with Crippen LogP contribution in [0.5, 0.6) is 0 Å². The van der Waals surface area contributed by atoms with Crippen LogP contribution in [0, 0.1) is 17.3 Å². The summed E-state index contributed by atoms with van der Waals surface area (Å²) in [6.45, 7) is 7.71. The molecule has 1 amide bonds. The number of amides is 1. The zero-order valence-corrected chi connectivity index (χ0v) is 11.7. The molecule has 1 fully saturated rings. The zero-order valence-electron chi connectivity index (χ0n) is 11.7. The second-order valence-corrected chi connectivity index (χ2v) is 5.96. The maximum Gasteiger partial charge on any atom is 0.233 e. The van der Waals surface area contributed by atoms with Crippen molar-refractivity contribution in [1.82, 2.24) is 5.32 Å². The van der Waals surface area contributed by atoms with Crippen LogP contribution in [0.1, 0.15) is 47.0 Å². The molecule has 0 heterocycles. The van der Waals surface area contributed by atoms with Gasteiger partial charge in [-0.05, 0) is 32.1 Å². The first-order valence-electron chi connectivity index (χ1n) is 6.59. The number of nitrogens with one attached hydrogen (secondary N) is 1. The first-order valence-corrected chi connectivity index (χ1v) is 6.59. The van der Waals surface area contributed by atoms with Crippen LogP contribution >= 0.6 is 0 Å². The SMILES string of the molecule is CC1CCCC(NC(=O)C(C)(C)C(N)=NO)C1C. The fourth-order valence-electron chi connectivity index (χ4n) is 2.38. The topological polar surface area (TPSA) is 87.7 Å². The number of rotatable bonds is 3. The molecule has 0 saturated heterocycles. The van der Waals surface area contributed by atoms with Crippen molar-refractivity contribution in [2.24, 2.45) is 28.1 Å². The van der Waals surface area contributed by atoms with Gasteiger partial charge in [-0.3, -0.25) is 4.79 Å². The molecule has 0 radical (unpaired) electrons. The van der Waals surface area contributed by atoms with E-state index in [0.29, 0.717) is 11.8 Å². The Balaban J connectivity index is 2.70. The highest BCUT2D eigenvalue weighted by Crippen LogP contribution is 2.30. The molecule has 0 bridgehead atoms. The molecular weight excluding hydrogens is 230 g/mol. The third-order valence-corrected chi connectivity index (χ3v) is 4.34. The fourth-order valence-corrected chi connectivity index (χ4v) is 2.38. The van der Waals surface area contributed by atoms with Crippen LogP contribution < -0.4 is 11.1 Å². The maximum atomic E-state index is 12.2. The molecule has 1 aliphatic carbocycles. The second-order valence-electron chi connectivity index (χ2n) is 5.96. The van der Waals surface area contributed by atoms with Crippen LogP contribution in [0.2, 0.25) is 0 Å². The second kappa shape index (κ2) is 5.59. The number of carbonyl (C=O) groups excluding carboxylic acids is 1. The van der Waals surface area contributed by atoms with Gasteiger partial charge in [0.25, 0.3) is 0 Å². The van der Waals surface area contributed by atoms with Crippen LogP contribution in [0.15, 0.2) is 5.16 Å². The Morgan fingerprint density at radius 3 is 2.56 bits per heavy atom. The number of nitrogens with two attached hydrogens (primary N) is 1. The summed E-state index contributed by atoms with van der Waals surface area (Å²) in [7, 11) is 0. The van der Waals surface area contributed by atoms with E-state index in [1.54, 1.807) is 13.8 Å². The highest BCUT2D eigenvalue weighted by atomic mass is 16.4. The summed E-state index contributed by atoms with van der Waals surface area (Å²) in [5, 5.41) is 14.7. The normalized spacial score (nSPS) is 30.0. The summed E-state index contributed by atoms with van der Waals surface area (Å²) in [6.07, 6.45) is 3.36. The van der Waals surface area contributed by atoms with Gasteiger partial charge in [-0.2, -0.15) is 0 Å². The first-order chi connectivity index (χ1) is 8.30. The van der Waals surface area contributed by atoms with Gasteiger partial charge in [0.1, 0.15) is 5.41 Å². The molecule has 1 aliphatic rings. The minimum absolute atomic E-state index is 0.0588. The Morgan fingerprint density at radius 2 is 2.00 bits per heavy atom. The van der Waals surface area contributed by atoms with E-state index in [-0.39, 0.29) is 17.8 Å². The Labute approximate surface area is 109 Å². The first kappa shape index (κ1) is 14.8. The monoisotopic (exact) mass is 255 g/mol. The Bertz CT molecular complexity index is 339. The van der Waals surface area contributed by atoms with Crippen molar-refractivity contribution in [2.75, 3.05) is 0 Å². The highest BCUT2D eigenvalue weighted by molar-refractivity contribution is 6.05. The average Bonchev–Trinajstić information content (AvgIpc) is 2.33. The van der Waals surface area contributed by atoms with Crippen molar-refractivity contribution in [3.8, 4) is 0 Å². The van der Waals surface area contributed by atoms with Gasteiger partial charge in [0.05, 0.1) is 0 Å². The summed E-state index contributed by atoms with van der Waals surface area (Å²) in [6, 6.07) is 0.187. The van der Waals surface area contributed by atoms with Gasteiger partial charge in [0.2, 0.25) is 5.91 Å².